The minimum absolute atomic E-state index is 0.268. The molecule has 122 valence electrons. The molecule has 0 aromatic heterocycles. The van der Waals surface area contributed by atoms with Crippen LogP contribution in [-0.2, 0) is 0 Å². The molecule has 22 heavy (non-hydrogen) atoms. The normalized spacial score (nSPS) is 20.1. The second-order valence-corrected chi connectivity index (χ2v) is 6.28. The molecule has 2 N–H and O–H groups in total. The summed E-state index contributed by atoms with van der Waals surface area (Å²) in [6.45, 7) is 5.19. The molecule has 1 aliphatic carbocycles. The van der Waals surface area contributed by atoms with Crippen molar-refractivity contribution >= 4 is 0 Å². The smallest absolute Gasteiger partial charge is 0.161 e. The number of hydrogen-bond acceptors (Lipinski definition) is 4. The quantitative estimate of drug-likeness (QED) is 0.908. The monoisotopic (exact) mass is 304 g/mol. The van der Waals surface area contributed by atoms with Gasteiger partial charge in [0.05, 0.1) is 0 Å². The first-order valence-corrected chi connectivity index (χ1v) is 8.69. The summed E-state index contributed by atoms with van der Waals surface area (Å²) >= 11 is 0. The van der Waals surface area contributed by atoms with Gasteiger partial charge >= 0.3 is 0 Å². The lowest BCUT2D eigenvalue weighted by Crippen LogP contribution is -2.42. The summed E-state index contributed by atoms with van der Waals surface area (Å²) in [4.78, 5) is 2.59. The Balaban J connectivity index is 1.82. The number of nitrogens with two attached hydrogens (primary N) is 1. The largest absolute Gasteiger partial charge is 0.486 e. The Kier molecular flexibility index (Phi) is 5.21. The van der Waals surface area contributed by atoms with Crippen molar-refractivity contribution in [2.45, 2.75) is 51.1 Å². The Labute approximate surface area is 133 Å². The van der Waals surface area contributed by atoms with Crippen LogP contribution in [0.5, 0.6) is 11.5 Å². The Morgan fingerprint density at radius 3 is 2.55 bits per heavy atom. The number of ether oxygens (including phenoxy) is 2. The van der Waals surface area contributed by atoms with Gasteiger partial charge < -0.3 is 15.2 Å². The van der Waals surface area contributed by atoms with Gasteiger partial charge in [0.25, 0.3) is 0 Å². The highest BCUT2D eigenvalue weighted by Gasteiger charge is 2.27. The van der Waals surface area contributed by atoms with E-state index in [0.717, 1.165) is 18.0 Å². The van der Waals surface area contributed by atoms with Crippen LogP contribution in [-0.4, -0.2) is 37.2 Å². The van der Waals surface area contributed by atoms with Gasteiger partial charge in [-0.2, -0.15) is 0 Å². The van der Waals surface area contributed by atoms with Crippen LogP contribution in [0, 0.1) is 0 Å². The zero-order valence-corrected chi connectivity index (χ0v) is 13.6. The lowest BCUT2D eigenvalue weighted by molar-refractivity contribution is 0.113. The molecule has 0 spiro atoms. The van der Waals surface area contributed by atoms with Crippen LogP contribution in [0.3, 0.4) is 0 Å². The summed E-state index contributed by atoms with van der Waals surface area (Å²) in [5.41, 5.74) is 7.40. The number of fused-ring (bicyclic) bond motifs is 1. The van der Waals surface area contributed by atoms with E-state index in [9.17, 15) is 0 Å². The van der Waals surface area contributed by atoms with Crippen LogP contribution >= 0.6 is 0 Å². The van der Waals surface area contributed by atoms with E-state index in [0.29, 0.717) is 25.8 Å². The molecule has 1 aromatic rings. The van der Waals surface area contributed by atoms with Crippen LogP contribution < -0.4 is 15.2 Å². The van der Waals surface area contributed by atoms with Crippen molar-refractivity contribution in [1.29, 1.82) is 0 Å². The molecular formula is C18H28N2O2. The molecule has 2 aliphatic rings. The van der Waals surface area contributed by atoms with Gasteiger partial charge in [-0.1, -0.05) is 32.3 Å². The Morgan fingerprint density at radius 1 is 1.14 bits per heavy atom. The second-order valence-electron chi connectivity index (χ2n) is 6.28. The molecular weight excluding hydrogens is 276 g/mol. The predicted molar refractivity (Wildman–Crippen MR) is 88.5 cm³/mol. The van der Waals surface area contributed by atoms with Gasteiger partial charge in [-0.05, 0) is 37.1 Å². The molecule has 4 heteroatoms. The van der Waals surface area contributed by atoms with E-state index in [2.05, 4.69) is 24.0 Å². The first-order chi connectivity index (χ1) is 10.8. The molecule has 0 saturated heterocycles. The zero-order chi connectivity index (χ0) is 15.4. The molecule has 4 nitrogen and oxygen atoms in total. The molecule has 0 bridgehead atoms. The number of rotatable bonds is 5. The highest BCUT2D eigenvalue weighted by molar-refractivity contribution is 5.44. The van der Waals surface area contributed by atoms with Gasteiger partial charge in [-0.15, -0.1) is 0 Å². The average molecular weight is 304 g/mol. The maximum absolute atomic E-state index is 6.15. The van der Waals surface area contributed by atoms with Crippen molar-refractivity contribution in [3.05, 3.63) is 23.8 Å². The molecule has 1 saturated carbocycles. The lowest BCUT2D eigenvalue weighted by Gasteiger charge is -2.39. The van der Waals surface area contributed by atoms with Crippen LogP contribution in [0.15, 0.2) is 18.2 Å². The third-order valence-electron chi connectivity index (χ3n) is 4.98. The molecule has 1 heterocycles. The van der Waals surface area contributed by atoms with E-state index in [4.69, 9.17) is 15.2 Å². The molecule has 1 aromatic carbocycles. The fourth-order valence-electron chi connectivity index (χ4n) is 3.88. The topological polar surface area (TPSA) is 47.7 Å². The number of nitrogens with zero attached hydrogens (tertiary/aromatic N) is 1. The summed E-state index contributed by atoms with van der Waals surface area (Å²) in [6, 6.07) is 7.24. The van der Waals surface area contributed by atoms with Crippen LogP contribution in [0.4, 0.5) is 0 Å². The van der Waals surface area contributed by atoms with Gasteiger partial charge in [-0.3, -0.25) is 4.90 Å². The fraction of sp³-hybridized carbons (Fsp3) is 0.667. The predicted octanol–water partition coefficient (Wildman–Crippen LogP) is 3.11. The van der Waals surface area contributed by atoms with Crippen molar-refractivity contribution in [2.75, 3.05) is 26.3 Å². The van der Waals surface area contributed by atoms with Crippen molar-refractivity contribution in [3.63, 3.8) is 0 Å². The molecule has 1 aliphatic heterocycles. The van der Waals surface area contributed by atoms with Gasteiger partial charge in [0.1, 0.15) is 13.2 Å². The minimum Gasteiger partial charge on any atom is -0.486 e. The van der Waals surface area contributed by atoms with Gasteiger partial charge in [0, 0.05) is 18.6 Å². The van der Waals surface area contributed by atoms with E-state index >= 15 is 0 Å². The van der Waals surface area contributed by atoms with Crippen LogP contribution in [0.1, 0.15) is 50.6 Å². The summed E-state index contributed by atoms with van der Waals surface area (Å²) in [6.07, 6.45) is 6.67. The van der Waals surface area contributed by atoms with E-state index in [1.54, 1.807) is 0 Å². The lowest BCUT2D eigenvalue weighted by atomic mass is 9.91. The molecule has 3 rings (SSSR count). The minimum atomic E-state index is 0.268. The molecule has 1 fully saturated rings. The Bertz CT molecular complexity index is 486. The highest BCUT2D eigenvalue weighted by Crippen LogP contribution is 2.35. The van der Waals surface area contributed by atoms with Crippen molar-refractivity contribution in [2.24, 2.45) is 5.73 Å². The highest BCUT2D eigenvalue weighted by atomic mass is 16.6. The first kappa shape index (κ1) is 15.6. The third kappa shape index (κ3) is 3.23. The summed E-state index contributed by atoms with van der Waals surface area (Å²) in [5, 5.41) is 0. The van der Waals surface area contributed by atoms with Gasteiger partial charge in [-0.25, -0.2) is 0 Å². The molecule has 1 atom stereocenters. The van der Waals surface area contributed by atoms with Crippen LogP contribution in [0.2, 0.25) is 0 Å². The van der Waals surface area contributed by atoms with E-state index in [1.807, 2.05) is 6.07 Å². The maximum Gasteiger partial charge on any atom is 0.161 e. The van der Waals surface area contributed by atoms with Crippen molar-refractivity contribution in [3.8, 4) is 11.5 Å². The number of hydrogen-bond donors (Lipinski definition) is 1. The zero-order valence-electron chi connectivity index (χ0n) is 13.6. The van der Waals surface area contributed by atoms with Gasteiger partial charge in [0.2, 0.25) is 0 Å². The third-order valence-corrected chi connectivity index (χ3v) is 4.98. The number of likely N-dealkylation sites (N-methyl/N-ethyl adjacent to an activating group) is 1. The summed E-state index contributed by atoms with van der Waals surface area (Å²) < 4.78 is 11.4. The standard InChI is InChI=1S/C18H28N2O2/c1-2-20(15-6-4-3-5-7-15)16(13-19)14-8-9-17-18(12-14)22-11-10-21-17/h8-9,12,15-16H,2-7,10-11,13,19H2,1H3. The number of benzene rings is 1. The van der Waals surface area contributed by atoms with Gasteiger partial charge in [0.15, 0.2) is 11.5 Å². The second kappa shape index (κ2) is 7.34. The van der Waals surface area contributed by atoms with Crippen molar-refractivity contribution < 1.29 is 9.47 Å². The Hall–Kier alpha value is -1.26. The summed E-state index contributed by atoms with van der Waals surface area (Å²) in [5.74, 6) is 1.72. The first-order valence-electron chi connectivity index (χ1n) is 8.69. The summed E-state index contributed by atoms with van der Waals surface area (Å²) in [7, 11) is 0. The molecule has 0 radical (unpaired) electrons. The van der Waals surface area contributed by atoms with E-state index in [-0.39, 0.29) is 6.04 Å². The SMILES string of the molecule is CCN(C1CCCCC1)C(CN)c1ccc2c(c1)OCCO2. The van der Waals surface area contributed by atoms with E-state index in [1.165, 1.54) is 37.7 Å². The molecule has 0 amide bonds. The van der Waals surface area contributed by atoms with Crippen LogP contribution in [0.25, 0.3) is 0 Å². The van der Waals surface area contributed by atoms with Crippen molar-refractivity contribution in [1.82, 2.24) is 4.90 Å². The maximum atomic E-state index is 6.15. The average Bonchev–Trinajstić information content (AvgIpc) is 2.60. The fourth-order valence-corrected chi connectivity index (χ4v) is 3.88. The van der Waals surface area contributed by atoms with E-state index < -0.39 is 0 Å². The Morgan fingerprint density at radius 2 is 1.86 bits per heavy atom. The molecule has 1 unspecified atom stereocenters.